The molecule has 2 saturated heterocycles. The SMILES string of the molecule is CN1CCC[C@]2(CO)CCN(Cc3ccc(-c4ccccc4)s3)C[C@@H]12. The second kappa shape index (κ2) is 7.20. The van der Waals surface area contributed by atoms with Crippen LogP contribution in [0, 0.1) is 5.41 Å². The lowest BCUT2D eigenvalue weighted by atomic mass is 9.69. The molecule has 2 aromatic rings. The molecular weight excluding hydrogens is 328 g/mol. The van der Waals surface area contributed by atoms with Gasteiger partial charge in [0.25, 0.3) is 0 Å². The van der Waals surface area contributed by atoms with Crippen molar-refractivity contribution >= 4 is 11.3 Å². The van der Waals surface area contributed by atoms with Crippen LogP contribution < -0.4 is 0 Å². The summed E-state index contributed by atoms with van der Waals surface area (Å²) in [7, 11) is 2.23. The van der Waals surface area contributed by atoms with Crippen LogP contribution in [0.15, 0.2) is 42.5 Å². The number of piperidine rings is 2. The zero-order valence-corrected chi connectivity index (χ0v) is 15.8. The van der Waals surface area contributed by atoms with E-state index < -0.39 is 0 Å². The molecule has 0 unspecified atom stereocenters. The van der Waals surface area contributed by atoms with Gasteiger partial charge < -0.3 is 10.0 Å². The number of likely N-dealkylation sites (tertiary alicyclic amines) is 2. The molecule has 0 saturated carbocycles. The van der Waals surface area contributed by atoms with Crippen LogP contribution in [-0.4, -0.2) is 54.2 Å². The Hall–Kier alpha value is -1.20. The highest BCUT2D eigenvalue weighted by Crippen LogP contribution is 2.42. The highest BCUT2D eigenvalue weighted by Gasteiger charge is 2.46. The Morgan fingerprint density at radius 1 is 1.12 bits per heavy atom. The minimum Gasteiger partial charge on any atom is -0.396 e. The van der Waals surface area contributed by atoms with E-state index in [9.17, 15) is 5.11 Å². The number of benzene rings is 1. The number of hydrogen-bond donors (Lipinski definition) is 1. The molecule has 3 heterocycles. The molecule has 134 valence electrons. The Balaban J connectivity index is 1.45. The minimum absolute atomic E-state index is 0.133. The number of likely N-dealkylation sites (N-methyl/N-ethyl adjacent to an activating group) is 1. The number of aliphatic hydroxyl groups excluding tert-OH is 1. The molecule has 2 fully saturated rings. The predicted octanol–water partition coefficient (Wildman–Crippen LogP) is 3.69. The molecule has 1 aromatic carbocycles. The highest BCUT2D eigenvalue weighted by molar-refractivity contribution is 7.15. The number of fused-ring (bicyclic) bond motifs is 1. The van der Waals surface area contributed by atoms with E-state index in [1.165, 1.54) is 28.2 Å². The maximum absolute atomic E-state index is 10.1. The first-order valence-electron chi connectivity index (χ1n) is 9.38. The van der Waals surface area contributed by atoms with Gasteiger partial charge in [0, 0.05) is 34.3 Å². The molecule has 2 aliphatic rings. The number of hydrogen-bond acceptors (Lipinski definition) is 4. The first-order chi connectivity index (χ1) is 12.2. The van der Waals surface area contributed by atoms with Crippen LogP contribution in [-0.2, 0) is 6.54 Å². The van der Waals surface area contributed by atoms with E-state index in [1.807, 2.05) is 11.3 Å². The lowest BCUT2D eigenvalue weighted by Gasteiger charge is -2.53. The van der Waals surface area contributed by atoms with Crippen LogP contribution in [0.2, 0.25) is 0 Å². The monoisotopic (exact) mass is 356 g/mol. The molecule has 0 amide bonds. The molecule has 4 rings (SSSR count). The van der Waals surface area contributed by atoms with Gasteiger partial charge in [-0.3, -0.25) is 4.90 Å². The third-order valence-corrected chi connectivity index (χ3v) is 7.31. The van der Waals surface area contributed by atoms with Gasteiger partial charge >= 0.3 is 0 Å². The van der Waals surface area contributed by atoms with Gasteiger partial charge in [-0.1, -0.05) is 30.3 Å². The number of aliphatic hydroxyl groups is 1. The molecule has 25 heavy (non-hydrogen) atoms. The van der Waals surface area contributed by atoms with Crippen molar-refractivity contribution in [2.45, 2.75) is 31.8 Å². The second-order valence-electron chi connectivity index (χ2n) is 7.74. The quantitative estimate of drug-likeness (QED) is 0.905. The molecule has 2 atom stereocenters. The van der Waals surface area contributed by atoms with Gasteiger partial charge in [-0.05, 0) is 57.1 Å². The molecule has 0 bridgehead atoms. The maximum atomic E-state index is 10.1. The third-order valence-electron chi connectivity index (χ3n) is 6.20. The van der Waals surface area contributed by atoms with Crippen LogP contribution >= 0.6 is 11.3 Å². The molecule has 0 aliphatic carbocycles. The van der Waals surface area contributed by atoms with E-state index in [-0.39, 0.29) is 5.41 Å². The molecular formula is C21H28N2OS. The Kier molecular flexibility index (Phi) is 4.96. The summed E-state index contributed by atoms with van der Waals surface area (Å²) in [4.78, 5) is 7.86. The van der Waals surface area contributed by atoms with Crippen molar-refractivity contribution < 1.29 is 5.11 Å². The fourth-order valence-electron chi connectivity index (χ4n) is 4.66. The van der Waals surface area contributed by atoms with Gasteiger partial charge in [0.2, 0.25) is 0 Å². The highest BCUT2D eigenvalue weighted by atomic mass is 32.1. The van der Waals surface area contributed by atoms with Crippen molar-refractivity contribution in [2.24, 2.45) is 5.41 Å². The largest absolute Gasteiger partial charge is 0.396 e. The average Bonchev–Trinajstić information content (AvgIpc) is 3.12. The lowest BCUT2D eigenvalue weighted by molar-refractivity contribution is -0.0682. The van der Waals surface area contributed by atoms with Crippen LogP contribution in [0.1, 0.15) is 24.1 Å². The molecule has 1 aromatic heterocycles. The average molecular weight is 357 g/mol. The van der Waals surface area contributed by atoms with Gasteiger partial charge in [-0.2, -0.15) is 0 Å². The second-order valence-corrected chi connectivity index (χ2v) is 8.91. The van der Waals surface area contributed by atoms with Crippen LogP contribution in [0.3, 0.4) is 0 Å². The molecule has 0 radical (unpaired) electrons. The maximum Gasteiger partial charge on any atom is 0.0503 e. The molecule has 0 spiro atoms. The van der Waals surface area contributed by atoms with Crippen molar-refractivity contribution in [2.75, 3.05) is 33.3 Å². The normalized spacial score (nSPS) is 28.0. The van der Waals surface area contributed by atoms with Crippen LogP contribution in [0.25, 0.3) is 10.4 Å². The Labute approximate surface area is 154 Å². The smallest absolute Gasteiger partial charge is 0.0503 e. The van der Waals surface area contributed by atoms with Crippen molar-refractivity contribution in [1.82, 2.24) is 9.80 Å². The fourth-order valence-corrected chi connectivity index (χ4v) is 5.72. The molecule has 3 nitrogen and oxygen atoms in total. The molecule has 2 aliphatic heterocycles. The van der Waals surface area contributed by atoms with Crippen molar-refractivity contribution in [1.29, 1.82) is 0 Å². The topological polar surface area (TPSA) is 26.7 Å². The number of nitrogens with zero attached hydrogens (tertiary/aromatic N) is 2. The van der Waals surface area contributed by atoms with Crippen molar-refractivity contribution in [3.05, 3.63) is 47.3 Å². The van der Waals surface area contributed by atoms with Gasteiger partial charge in [0.1, 0.15) is 0 Å². The first kappa shape index (κ1) is 17.2. The summed E-state index contributed by atoms with van der Waals surface area (Å²) in [5.74, 6) is 0. The lowest BCUT2D eigenvalue weighted by Crippen LogP contribution is -2.61. The third kappa shape index (κ3) is 3.41. The van der Waals surface area contributed by atoms with E-state index in [1.54, 1.807) is 0 Å². The predicted molar refractivity (Wildman–Crippen MR) is 105 cm³/mol. The van der Waals surface area contributed by atoms with Gasteiger partial charge in [-0.15, -0.1) is 11.3 Å². The summed E-state index contributed by atoms with van der Waals surface area (Å²) in [6, 6.07) is 15.7. The van der Waals surface area contributed by atoms with Crippen molar-refractivity contribution in [3.8, 4) is 10.4 Å². The number of thiophene rings is 1. The summed E-state index contributed by atoms with van der Waals surface area (Å²) in [5.41, 5.74) is 1.44. The summed E-state index contributed by atoms with van der Waals surface area (Å²) < 4.78 is 0. The summed E-state index contributed by atoms with van der Waals surface area (Å²) in [6.07, 6.45) is 3.53. The zero-order chi connectivity index (χ0) is 17.3. The minimum atomic E-state index is 0.133. The standard InChI is InChI=1S/C21H28N2OS/c1-22-12-5-10-21(16-24)11-13-23(15-20(21)22)14-18-8-9-19(25-18)17-6-3-2-4-7-17/h2-4,6-9,20,24H,5,10-16H2,1H3/t20-,21-/m1/s1. The van der Waals surface area contributed by atoms with E-state index in [0.717, 1.165) is 32.6 Å². The first-order valence-corrected chi connectivity index (χ1v) is 10.2. The summed E-state index contributed by atoms with van der Waals surface area (Å²) in [6.45, 7) is 4.72. The van der Waals surface area contributed by atoms with E-state index in [2.05, 4.69) is 59.3 Å². The summed E-state index contributed by atoms with van der Waals surface area (Å²) in [5, 5.41) is 10.1. The van der Waals surface area contributed by atoms with Gasteiger partial charge in [0.05, 0.1) is 6.61 Å². The van der Waals surface area contributed by atoms with E-state index in [0.29, 0.717) is 12.6 Å². The zero-order valence-electron chi connectivity index (χ0n) is 15.0. The van der Waals surface area contributed by atoms with Crippen LogP contribution in [0.5, 0.6) is 0 Å². The molecule has 4 heteroatoms. The van der Waals surface area contributed by atoms with Gasteiger partial charge in [0.15, 0.2) is 0 Å². The van der Waals surface area contributed by atoms with Gasteiger partial charge in [-0.25, -0.2) is 0 Å². The number of rotatable bonds is 4. The Morgan fingerprint density at radius 3 is 2.76 bits per heavy atom. The Morgan fingerprint density at radius 2 is 1.96 bits per heavy atom. The van der Waals surface area contributed by atoms with E-state index in [4.69, 9.17) is 0 Å². The fraction of sp³-hybridized carbons (Fsp3) is 0.524. The molecule has 1 N–H and O–H groups in total. The summed E-state index contributed by atoms with van der Waals surface area (Å²) >= 11 is 1.91. The van der Waals surface area contributed by atoms with Crippen LogP contribution in [0.4, 0.5) is 0 Å². The Bertz CT molecular complexity index is 701. The van der Waals surface area contributed by atoms with E-state index >= 15 is 0 Å². The van der Waals surface area contributed by atoms with Crippen molar-refractivity contribution in [3.63, 3.8) is 0 Å².